The molecule has 1 aliphatic rings. The first-order valence-corrected chi connectivity index (χ1v) is 5.41. The molecule has 0 unspecified atom stereocenters. The second-order valence-electron chi connectivity index (χ2n) is 3.84. The molecular weight excluding hydrogens is 210 g/mol. The van der Waals surface area contributed by atoms with E-state index < -0.39 is 0 Å². The van der Waals surface area contributed by atoms with Crippen LogP contribution in [0.5, 0.6) is 0 Å². The molecule has 1 amide bonds. The van der Waals surface area contributed by atoms with Gasteiger partial charge in [0.1, 0.15) is 5.71 Å². The van der Waals surface area contributed by atoms with Crippen LogP contribution < -0.4 is 0 Å². The fourth-order valence-corrected chi connectivity index (χ4v) is 1.74. The van der Waals surface area contributed by atoms with Crippen molar-refractivity contribution >= 4 is 17.3 Å². The normalized spacial score (nSPS) is 19.4. The van der Waals surface area contributed by atoms with E-state index in [9.17, 15) is 4.79 Å². The molecular formula is C10H17N3O3. The average molecular weight is 227 g/mol. The second-order valence-corrected chi connectivity index (χ2v) is 3.84. The topological polar surface area (TPSA) is 85.5 Å². The maximum atomic E-state index is 11.9. The van der Waals surface area contributed by atoms with Crippen molar-refractivity contribution in [1.82, 2.24) is 4.90 Å². The maximum absolute atomic E-state index is 11.9. The summed E-state index contributed by atoms with van der Waals surface area (Å²) in [5, 5.41) is 23.1. The monoisotopic (exact) mass is 227 g/mol. The fraction of sp³-hybridized carbons (Fsp3) is 0.700. The molecule has 16 heavy (non-hydrogen) atoms. The van der Waals surface area contributed by atoms with E-state index in [0.717, 1.165) is 25.7 Å². The largest absolute Gasteiger partial charge is 0.411 e. The lowest BCUT2D eigenvalue weighted by Crippen LogP contribution is -2.40. The molecule has 0 aromatic carbocycles. The van der Waals surface area contributed by atoms with E-state index in [-0.39, 0.29) is 17.3 Å². The Bertz CT molecular complexity index is 304. The SMILES string of the molecule is CC(=N/O)/C(=N/O)C(=O)N1CCCCCC1. The lowest BCUT2D eigenvalue weighted by atomic mass is 10.2. The standard InChI is InChI=1S/C10H17N3O3/c1-8(11-15)9(12-16)10(14)13-6-4-2-3-5-7-13/h15-16H,2-7H2,1H3/b11-8-,12-9-. The summed E-state index contributed by atoms with van der Waals surface area (Å²) < 4.78 is 0. The molecule has 0 aromatic rings. The van der Waals surface area contributed by atoms with Gasteiger partial charge in [-0.3, -0.25) is 4.79 Å². The highest BCUT2D eigenvalue weighted by molar-refractivity contribution is 6.66. The van der Waals surface area contributed by atoms with E-state index in [1.165, 1.54) is 6.92 Å². The molecule has 0 spiro atoms. The van der Waals surface area contributed by atoms with Crippen molar-refractivity contribution in [3.63, 3.8) is 0 Å². The third-order valence-electron chi connectivity index (χ3n) is 2.69. The van der Waals surface area contributed by atoms with Crippen molar-refractivity contribution in [3.05, 3.63) is 0 Å². The van der Waals surface area contributed by atoms with E-state index in [2.05, 4.69) is 10.3 Å². The van der Waals surface area contributed by atoms with Crippen LogP contribution in [0.1, 0.15) is 32.6 Å². The Kier molecular flexibility index (Phi) is 4.75. The molecule has 0 saturated carbocycles. The van der Waals surface area contributed by atoms with Crippen molar-refractivity contribution in [2.24, 2.45) is 10.3 Å². The molecule has 1 heterocycles. The number of likely N-dealkylation sites (tertiary alicyclic amines) is 1. The first kappa shape index (κ1) is 12.5. The van der Waals surface area contributed by atoms with Gasteiger partial charge < -0.3 is 15.3 Å². The van der Waals surface area contributed by atoms with E-state index in [1.54, 1.807) is 4.90 Å². The Morgan fingerprint density at radius 1 is 1.06 bits per heavy atom. The minimum atomic E-state index is -0.375. The summed E-state index contributed by atoms with van der Waals surface area (Å²) >= 11 is 0. The second kappa shape index (κ2) is 6.09. The lowest BCUT2D eigenvalue weighted by molar-refractivity contribution is -0.124. The van der Waals surface area contributed by atoms with Crippen LogP contribution >= 0.6 is 0 Å². The Hall–Kier alpha value is -1.59. The van der Waals surface area contributed by atoms with Crippen LogP contribution in [0.3, 0.4) is 0 Å². The number of oxime groups is 2. The smallest absolute Gasteiger partial charge is 0.277 e. The molecule has 0 aromatic heterocycles. The van der Waals surface area contributed by atoms with Gasteiger partial charge in [0.2, 0.25) is 0 Å². The molecule has 6 nitrogen and oxygen atoms in total. The van der Waals surface area contributed by atoms with Gasteiger partial charge >= 0.3 is 0 Å². The Balaban J connectivity index is 2.74. The Labute approximate surface area is 94.2 Å². The zero-order valence-electron chi connectivity index (χ0n) is 9.39. The van der Waals surface area contributed by atoms with E-state index >= 15 is 0 Å². The molecule has 6 heteroatoms. The number of hydrogen-bond donors (Lipinski definition) is 2. The summed E-state index contributed by atoms with van der Waals surface area (Å²) in [6, 6.07) is 0. The first-order valence-electron chi connectivity index (χ1n) is 5.41. The summed E-state index contributed by atoms with van der Waals surface area (Å²) in [4.78, 5) is 13.6. The molecule has 0 atom stereocenters. The molecule has 90 valence electrons. The van der Waals surface area contributed by atoms with Gasteiger partial charge in [-0.2, -0.15) is 0 Å². The summed E-state index contributed by atoms with van der Waals surface area (Å²) in [5.41, 5.74) is -0.166. The molecule has 2 N–H and O–H groups in total. The summed E-state index contributed by atoms with van der Waals surface area (Å²) in [7, 11) is 0. The van der Waals surface area contributed by atoms with Gasteiger partial charge in [0.05, 0.1) is 0 Å². The molecule has 0 aliphatic carbocycles. The highest BCUT2D eigenvalue weighted by Crippen LogP contribution is 2.10. The quantitative estimate of drug-likeness (QED) is 0.420. The minimum absolute atomic E-state index is 0.0248. The number of amides is 1. The minimum Gasteiger partial charge on any atom is -0.411 e. The molecule has 1 fully saturated rings. The van der Waals surface area contributed by atoms with Crippen LogP contribution in [0.25, 0.3) is 0 Å². The highest BCUT2D eigenvalue weighted by Gasteiger charge is 2.23. The maximum Gasteiger partial charge on any atom is 0.277 e. The number of nitrogens with zero attached hydrogens (tertiary/aromatic N) is 3. The summed E-state index contributed by atoms with van der Waals surface area (Å²) in [6.07, 6.45) is 4.14. The van der Waals surface area contributed by atoms with Crippen LogP contribution in [-0.4, -0.2) is 45.7 Å². The van der Waals surface area contributed by atoms with Gasteiger partial charge in [0, 0.05) is 13.1 Å². The van der Waals surface area contributed by atoms with Gasteiger partial charge in [0.15, 0.2) is 5.71 Å². The summed E-state index contributed by atoms with van der Waals surface area (Å²) in [6.45, 7) is 2.75. The van der Waals surface area contributed by atoms with E-state index in [4.69, 9.17) is 10.4 Å². The first-order chi connectivity index (χ1) is 7.70. The van der Waals surface area contributed by atoms with Crippen molar-refractivity contribution in [3.8, 4) is 0 Å². The predicted octanol–water partition coefficient (Wildman–Crippen LogP) is 1.07. The van der Waals surface area contributed by atoms with Gasteiger partial charge in [-0.15, -0.1) is 0 Å². The van der Waals surface area contributed by atoms with E-state index in [0.29, 0.717) is 13.1 Å². The predicted molar refractivity (Wildman–Crippen MR) is 59.2 cm³/mol. The number of carbonyl (C=O) groups excluding carboxylic acids is 1. The van der Waals surface area contributed by atoms with Crippen LogP contribution in [0.4, 0.5) is 0 Å². The molecule has 0 bridgehead atoms. The van der Waals surface area contributed by atoms with Crippen molar-refractivity contribution < 1.29 is 15.2 Å². The van der Waals surface area contributed by atoms with Crippen LogP contribution in [-0.2, 0) is 4.79 Å². The molecule has 0 radical (unpaired) electrons. The third kappa shape index (κ3) is 2.95. The molecule has 1 saturated heterocycles. The number of rotatable bonds is 2. The third-order valence-corrected chi connectivity index (χ3v) is 2.69. The van der Waals surface area contributed by atoms with E-state index in [1.807, 2.05) is 0 Å². The van der Waals surface area contributed by atoms with Gasteiger partial charge in [0.25, 0.3) is 5.91 Å². The van der Waals surface area contributed by atoms with Crippen molar-refractivity contribution in [1.29, 1.82) is 0 Å². The average Bonchev–Trinajstić information content (AvgIpc) is 2.58. The highest BCUT2D eigenvalue weighted by atomic mass is 16.4. The fourth-order valence-electron chi connectivity index (χ4n) is 1.74. The zero-order valence-corrected chi connectivity index (χ0v) is 9.39. The van der Waals surface area contributed by atoms with Crippen LogP contribution in [0, 0.1) is 0 Å². The Morgan fingerprint density at radius 2 is 1.62 bits per heavy atom. The lowest BCUT2D eigenvalue weighted by Gasteiger charge is -2.19. The number of carbonyl (C=O) groups is 1. The van der Waals surface area contributed by atoms with Gasteiger partial charge in [-0.25, -0.2) is 0 Å². The zero-order chi connectivity index (χ0) is 12.0. The molecule has 1 rings (SSSR count). The van der Waals surface area contributed by atoms with Gasteiger partial charge in [-0.05, 0) is 19.8 Å². The van der Waals surface area contributed by atoms with Crippen LogP contribution in [0.15, 0.2) is 10.3 Å². The van der Waals surface area contributed by atoms with Crippen molar-refractivity contribution in [2.75, 3.05) is 13.1 Å². The van der Waals surface area contributed by atoms with Crippen molar-refractivity contribution in [2.45, 2.75) is 32.6 Å². The number of hydrogen-bond acceptors (Lipinski definition) is 5. The van der Waals surface area contributed by atoms with Crippen LogP contribution in [0.2, 0.25) is 0 Å². The van der Waals surface area contributed by atoms with Gasteiger partial charge in [-0.1, -0.05) is 23.2 Å². The summed E-state index contributed by atoms with van der Waals surface area (Å²) in [5.74, 6) is -0.375. The molecule has 1 aliphatic heterocycles. The Morgan fingerprint density at radius 3 is 2.06 bits per heavy atom.